The minimum absolute atomic E-state index is 0.00222. The summed E-state index contributed by atoms with van der Waals surface area (Å²) in [5.74, 6) is 1.13. The zero-order valence-corrected chi connectivity index (χ0v) is 11.5. The average molecular weight is 270 g/mol. The molecule has 20 heavy (non-hydrogen) atoms. The lowest BCUT2D eigenvalue weighted by Gasteiger charge is -2.31. The molecule has 3 rings (SSSR count). The molecule has 0 spiro atoms. The summed E-state index contributed by atoms with van der Waals surface area (Å²) in [6.07, 6.45) is 8.31. The molecule has 0 bridgehead atoms. The number of ether oxygens (including phenoxy) is 1. The van der Waals surface area contributed by atoms with Gasteiger partial charge in [0.15, 0.2) is 0 Å². The normalized spacial score (nSPS) is 25.0. The van der Waals surface area contributed by atoms with Crippen LogP contribution in [0.1, 0.15) is 43.4 Å². The van der Waals surface area contributed by atoms with Crippen LogP contribution in [0.4, 0.5) is 0 Å². The zero-order chi connectivity index (χ0) is 14.1. The number of rotatable bonds is 2. The molecule has 1 aliphatic carbocycles. The van der Waals surface area contributed by atoms with Gasteiger partial charge in [-0.05, 0) is 31.6 Å². The molecule has 0 fully saturated rings. The molecule has 2 atom stereocenters. The van der Waals surface area contributed by atoms with E-state index in [1.807, 2.05) is 0 Å². The van der Waals surface area contributed by atoms with Crippen LogP contribution >= 0.6 is 0 Å². The van der Waals surface area contributed by atoms with E-state index < -0.39 is 0 Å². The molecule has 1 aromatic rings. The van der Waals surface area contributed by atoms with Gasteiger partial charge in [0.1, 0.15) is 6.07 Å². The van der Waals surface area contributed by atoms with Gasteiger partial charge < -0.3 is 10.5 Å². The van der Waals surface area contributed by atoms with Crippen molar-refractivity contribution in [3.8, 4) is 11.9 Å². The summed E-state index contributed by atoms with van der Waals surface area (Å²) >= 11 is 0. The summed E-state index contributed by atoms with van der Waals surface area (Å²) in [5, 5.41) is 16.7. The fraction of sp³-hybridized carbons (Fsp3) is 0.467. The minimum atomic E-state index is 0.00222. The Bertz CT molecular complexity index is 620. The molecule has 2 unspecified atom stereocenters. The van der Waals surface area contributed by atoms with E-state index in [2.05, 4.69) is 35.3 Å². The fourth-order valence-electron chi connectivity index (χ4n) is 3.21. The van der Waals surface area contributed by atoms with Crippen molar-refractivity contribution >= 4 is 0 Å². The van der Waals surface area contributed by atoms with Crippen molar-refractivity contribution in [1.82, 2.24) is 10.2 Å². The number of nitrogens with two attached hydrogens (primary N) is 1. The maximum absolute atomic E-state index is 9.47. The molecule has 0 aromatic carbocycles. The number of nitriles is 1. The van der Waals surface area contributed by atoms with Gasteiger partial charge >= 0.3 is 0 Å². The van der Waals surface area contributed by atoms with Crippen molar-refractivity contribution in [2.75, 3.05) is 0 Å². The molecule has 2 aliphatic rings. The Hall–Kier alpha value is -2.22. The maximum atomic E-state index is 9.47. The Morgan fingerprint density at radius 2 is 2.40 bits per heavy atom. The Balaban J connectivity index is 2.10. The molecular weight excluding hydrogens is 252 g/mol. The largest absolute Gasteiger partial charge is 0.420 e. The highest BCUT2D eigenvalue weighted by atomic mass is 16.5. The van der Waals surface area contributed by atoms with Crippen LogP contribution in [0.5, 0.6) is 5.88 Å². The predicted molar refractivity (Wildman–Crippen MR) is 74.6 cm³/mol. The Morgan fingerprint density at radius 1 is 1.55 bits per heavy atom. The van der Waals surface area contributed by atoms with Crippen molar-refractivity contribution in [2.24, 2.45) is 11.7 Å². The van der Waals surface area contributed by atoms with Crippen LogP contribution in [0, 0.1) is 17.2 Å². The second-order valence-corrected chi connectivity index (χ2v) is 5.29. The Labute approximate surface area is 118 Å². The molecule has 5 heteroatoms. The summed E-state index contributed by atoms with van der Waals surface area (Å²) in [6, 6.07) is 2.25. The number of aromatic nitrogens is 2. The topological polar surface area (TPSA) is 87.7 Å². The van der Waals surface area contributed by atoms with Crippen LogP contribution in [-0.2, 0) is 6.42 Å². The van der Waals surface area contributed by atoms with E-state index >= 15 is 0 Å². The summed E-state index contributed by atoms with van der Waals surface area (Å²) in [5.41, 5.74) is 8.53. The lowest BCUT2D eigenvalue weighted by molar-refractivity contribution is 0.339. The number of allylic oxidation sites excluding steroid dienone is 3. The fourth-order valence-corrected chi connectivity index (χ4v) is 3.21. The summed E-state index contributed by atoms with van der Waals surface area (Å²) in [4.78, 5) is 0. The van der Waals surface area contributed by atoms with Crippen LogP contribution in [0.3, 0.4) is 0 Å². The van der Waals surface area contributed by atoms with E-state index in [0.29, 0.717) is 17.4 Å². The highest BCUT2D eigenvalue weighted by molar-refractivity contribution is 5.49. The molecule has 3 N–H and O–H groups in total. The number of nitrogens with one attached hydrogen (secondary N) is 1. The van der Waals surface area contributed by atoms with Gasteiger partial charge in [0.25, 0.3) is 0 Å². The monoisotopic (exact) mass is 270 g/mol. The first-order chi connectivity index (χ1) is 9.76. The van der Waals surface area contributed by atoms with Gasteiger partial charge in [-0.1, -0.05) is 19.1 Å². The van der Waals surface area contributed by atoms with E-state index in [1.165, 1.54) is 0 Å². The second-order valence-electron chi connectivity index (χ2n) is 5.29. The van der Waals surface area contributed by atoms with Crippen molar-refractivity contribution < 1.29 is 4.74 Å². The number of aryl methyl sites for hydroxylation is 1. The van der Waals surface area contributed by atoms with Crippen LogP contribution < -0.4 is 10.5 Å². The van der Waals surface area contributed by atoms with E-state index in [0.717, 1.165) is 36.9 Å². The first-order valence-corrected chi connectivity index (χ1v) is 7.06. The molecule has 0 radical (unpaired) electrons. The summed E-state index contributed by atoms with van der Waals surface area (Å²) < 4.78 is 5.51. The SMILES string of the molecule is CCc1[nH]nc2c1C(C1CC=CCC1)C(C#N)=C(N)O2. The maximum Gasteiger partial charge on any atom is 0.243 e. The third-order valence-corrected chi connectivity index (χ3v) is 4.20. The predicted octanol–water partition coefficient (Wildman–Crippen LogP) is 2.50. The molecule has 104 valence electrons. The van der Waals surface area contributed by atoms with Crippen molar-refractivity contribution in [3.05, 3.63) is 34.9 Å². The number of fused-ring (bicyclic) bond motifs is 1. The molecule has 0 amide bonds. The quantitative estimate of drug-likeness (QED) is 0.808. The van der Waals surface area contributed by atoms with Crippen molar-refractivity contribution in [1.29, 1.82) is 5.26 Å². The van der Waals surface area contributed by atoms with Crippen molar-refractivity contribution in [2.45, 2.75) is 38.5 Å². The Kier molecular flexibility index (Phi) is 3.23. The number of hydrogen-bond acceptors (Lipinski definition) is 4. The number of H-pyrrole nitrogens is 1. The van der Waals surface area contributed by atoms with E-state index in [4.69, 9.17) is 10.5 Å². The molecule has 0 saturated heterocycles. The molecule has 1 aromatic heterocycles. The van der Waals surface area contributed by atoms with Crippen LogP contribution in [0.2, 0.25) is 0 Å². The number of hydrogen-bond donors (Lipinski definition) is 2. The second kappa shape index (κ2) is 5.04. The highest BCUT2D eigenvalue weighted by Gasteiger charge is 2.38. The van der Waals surface area contributed by atoms with Gasteiger partial charge in [0, 0.05) is 17.2 Å². The first-order valence-electron chi connectivity index (χ1n) is 7.06. The summed E-state index contributed by atoms with van der Waals surface area (Å²) in [6.45, 7) is 2.07. The lowest BCUT2D eigenvalue weighted by Crippen LogP contribution is -2.26. The van der Waals surface area contributed by atoms with Gasteiger partial charge in [0.2, 0.25) is 11.8 Å². The Morgan fingerprint density at radius 3 is 3.05 bits per heavy atom. The van der Waals surface area contributed by atoms with Gasteiger partial charge in [0.05, 0.1) is 5.57 Å². The van der Waals surface area contributed by atoms with Crippen LogP contribution in [-0.4, -0.2) is 10.2 Å². The summed E-state index contributed by atoms with van der Waals surface area (Å²) in [7, 11) is 0. The smallest absolute Gasteiger partial charge is 0.243 e. The van der Waals surface area contributed by atoms with Gasteiger partial charge in [-0.2, -0.15) is 5.26 Å². The van der Waals surface area contributed by atoms with Gasteiger partial charge in [-0.25, -0.2) is 0 Å². The third-order valence-electron chi connectivity index (χ3n) is 4.20. The standard InChI is InChI=1S/C15H18N4O/c1-2-11-13-12(9-6-4-3-5-7-9)10(8-16)14(17)20-15(13)19-18-11/h3-4,9,12H,2,5-7,17H2,1H3,(H,18,19). The highest BCUT2D eigenvalue weighted by Crippen LogP contribution is 2.46. The van der Waals surface area contributed by atoms with Gasteiger partial charge in [-0.3, -0.25) is 5.10 Å². The lowest BCUT2D eigenvalue weighted by atomic mass is 9.74. The van der Waals surface area contributed by atoms with Gasteiger partial charge in [-0.15, -0.1) is 5.10 Å². The molecule has 0 saturated carbocycles. The minimum Gasteiger partial charge on any atom is -0.420 e. The van der Waals surface area contributed by atoms with E-state index in [-0.39, 0.29) is 11.8 Å². The molecule has 2 heterocycles. The number of aromatic amines is 1. The van der Waals surface area contributed by atoms with E-state index in [1.54, 1.807) is 0 Å². The average Bonchev–Trinajstić information content (AvgIpc) is 2.89. The van der Waals surface area contributed by atoms with Crippen LogP contribution in [0.25, 0.3) is 0 Å². The molecule has 5 nitrogen and oxygen atoms in total. The van der Waals surface area contributed by atoms with E-state index in [9.17, 15) is 5.26 Å². The first kappa shape index (κ1) is 12.8. The van der Waals surface area contributed by atoms with Crippen molar-refractivity contribution in [3.63, 3.8) is 0 Å². The van der Waals surface area contributed by atoms with Crippen LogP contribution in [0.15, 0.2) is 23.6 Å². The number of nitrogens with zero attached hydrogens (tertiary/aromatic N) is 2. The molecular formula is C15H18N4O. The zero-order valence-electron chi connectivity index (χ0n) is 11.5. The molecule has 1 aliphatic heterocycles. The third kappa shape index (κ3) is 1.88.